The number of carbonyl (C=O) groups is 1. The molecule has 0 saturated carbocycles. The molecule has 3 aromatic rings. The zero-order chi connectivity index (χ0) is 28.4. The number of ether oxygens (including phenoxy) is 1. The van der Waals surface area contributed by atoms with E-state index in [2.05, 4.69) is 9.88 Å². The molecule has 0 aliphatic carbocycles. The van der Waals surface area contributed by atoms with Crippen molar-refractivity contribution in [2.24, 2.45) is 0 Å². The van der Waals surface area contributed by atoms with Crippen LogP contribution in [0.3, 0.4) is 0 Å². The molecule has 1 amide bonds. The van der Waals surface area contributed by atoms with E-state index in [0.29, 0.717) is 37.7 Å². The van der Waals surface area contributed by atoms with E-state index in [9.17, 15) is 17.6 Å². The molecule has 2 bridgehead atoms. The van der Waals surface area contributed by atoms with Gasteiger partial charge in [-0.05, 0) is 42.7 Å². The number of likely N-dealkylation sites (tertiary alicyclic amines) is 1. The standard InChI is InChI=1S/C29H32ClFN4O4S/c1-3-34(4-2)40(37,38)24-15-27(28(32-16-24)39-19-20-8-6-5-7-9-20)35-22-11-12-23(35)18-33(17-22)29(36)25-13-10-21(31)14-26(25)30/h5-10,13-16,22-23H,3-4,11-12,17-19H2,1-2H3. The minimum atomic E-state index is -3.75. The van der Waals surface area contributed by atoms with Crippen LogP contribution in [-0.4, -0.2) is 66.8 Å². The SMILES string of the molecule is CCN(CC)S(=O)(=O)c1cnc(OCc2ccccc2)c(N2C3CCC2CN(C(=O)c2ccc(F)cc2Cl)C3)c1. The normalized spacial score (nSPS) is 18.8. The van der Waals surface area contributed by atoms with Gasteiger partial charge in [-0.3, -0.25) is 4.79 Å². The Labute approximate surface area is 239 Å². The lowest BCUT2D eigenvalue weighted by Crippen LogP contribution is -2.55. The van der Waals surface area contributed by atoms with Crippen molar-refractivity contribution in [3.63, 3.8) is 0 Å². The number of carbonyl (C=O) groups excluding carboxylic acids is 1. The maximum atomic E-state index is 13.6. The minimum Gasteiger partial charge on any atom is -0.471 e. The average molecular weight is 587 g/mol. The molecule has 3 heterocycles. The predicted molar refractivity (Wildman–Crippen MR) is 152 cm³/mol. The Balaban J connectivity index is 1.47. The average Bonchev–Trinajstić information content (AvgIpc) is 3.20. The summed E-state index contributed by atoms with van der Waals surface area (Å²) in [4.78, 5) is 21.8. The molecular weight excluding hydrogens is 555 g/mol. The molecular formula is C29H32ClFN4O4S. The molecule has 2 atom stereocenters. The van der Waals surface area contributed by atoms with Crippen LogP contribution in [0.25, 0.3) is 0 Å². The zero-order valence-corrected chi connectivity index (χ0v) is 24.0. The summed E-state index contributed by atoms with van der Waals surface area (Å²) in [6, 6.07) is 15.0. The molecule has 0 spiro atoms. The van der Waals surface area contributed by atoms with Crippen molar-refractivity contribution in [2.75, 3.05) is 31.1 Å². The highest BCUT2D eigenvalue weighted by Gasteiger charge is 2.43. The van der Waals surface area contributed by atoms with Crippen LogP contribution in [0.2, 0.25) is 5.02 Å². The molecule has 2 aliphatic rings. The number of halogens is 2. The second kappa shape index (κ2) is 11.7. The maximum Gasteiger partial charge on any atom is 0.255 e. The van der Waals surface area contributed by atoms with Crippen molar-refractivity contribution >= 4 is 33.2 Å². The number of hydrogen-bond acceptors (Lipinski definition) is 6. The molecule has 2 fully saturated rings. The van der Waals surface area contributed by atoms with Crippen molar-refractivity contribution in [1.29, 1.82) is 0 Å². The molecule has 2 saturated heterocycles. The third kappa shape index (κ3) is 5.53. The van der Waals surface area contributed by atoms with Crippen molar-refractivity contribution in [3.8, 4) is 5.88 Å². The van der Waals surface area contributed by atoms with Crippen LogP contribution >= 0.6 is 11.6 Å². The highest BCUT2D eigenvalue weighted by Crippen LogP contribution is 2.41. The largest absolute Gasteiger partial charge is 0.471 e. The lowest BCUT2D eigenvalue weighted by molar-refractivity contribution is 0.0717. The maximum absolute atomic E-state index is 13.6. The van der Waals surface area contributed by atoms with Crippen LogP contribution in [-0.2, 0) is 16.6 Å². The molecule has 2 aromatic carbocycles. The lowest BCUT2D eigenvalue weighted by Gasteiger charge is -2.42. The van der Waals surface area contributed by atoms with Gasteiger partial charge in [0.25, 0.3) is 5.91 Å². The molecule has 1 aromatic heterocycles. The third-order valence-corrected chi connectivity index (χ3v) is 9.91. The predicted octanol–water partition coefficient (Wildman–Crippen LogP) is 4.98. The highest BCUT2D eigenvalue weighted by atomic mass is 35.5. The number of aromatic nitrogens is 1. The number of anilines is 1. The van der Waals surface area contributed by atoms with Gasteiger partial charge >= 0.3 is 0 Å². The van der Waals surface area contributed by atoms with E-state index in [1.54, 1.807) is 24.8 Å². The van der Waals surface area contributed by atoms with Gasteiger partial charge in [-0.2, -0.15) is 4.31 Å². The summed E-state index contributed by atoms with van der Waals surface area (Å²) in [5, 5.41) is 0.0786. The summed E-state index contributed by atoms with van der Waals surface area (Å²) < 4.78 is 47.9. The van der Waals surface area contributed by atoms with Crippen LogP contribution in [0.1, 0.15) is 42.6 Å². The minimum absolute atomic E-state index is 0.0748. The number of hydrogen-bond donors (Lipinski definition) is 0. The van der Waals surface area contributed by atoms with Crippen molar-refractivity contribution < 1.29 is 22.3 Å². The first-order valence-corrected chi connectivity index (χ1v) is 15.2. The van der Waals surface area contributed by atoms with Crippen molar-refractivity contribution in [2.45, 2.75) is 50.3 Å². The van der Waals surface area contributed by atoms with Crippen LogP contribution in [0.15, 0.2) is 65.7 Å². The summed E-state index contributed by atoms with van der Waals surface area (Å²) >= 11 is 6.19. The van der Waals surface area contributed by atoms with Gasteiger partial charge < -0.3 is 14.5 Å². The fourth-order valence-corrected chi connectivity index (χ4v) is 7.27. The molecule has 40 heavy (non-hydrogen) atoms. The number of rotatable bonds is 9. The molecule has 0 N–H and O–H groups in total. The van der Waals surface area contributed by atoms with E-state index in [4.69, 9.17) is 16.3 Å². The van der Waals surface area contributed by atoms with Crippen LogP contribution in [0.5, 0.6) is 5.88 Å². The fourth-order valence-electron chi connectivity index (χ4n) is 5.59. The second-order valence-corrected chi connectivity index (χ2v) is 12.3. The summed E-state index contributed by atoms with van der Waals surface area (Å²) in [6.07, 6.45) is 2.99. The Morgan fingerprint density at radius 2 is 1.75 bits per heavy atom. The van der Waals surface area contributed by atoms with Crippen LogP contribution < -0.4 is 9.64 Å². The topological polar surface area (TPSA) is 83.1 Å². The van der Waals surface area contributed by atoms with Crippen molar-refractivity contribution in [1.82, 2.24) is 14.2 Å². The first-order chi connectivity index (χ1) is 19.2. The van der Waals surface area contributed by atoms with E-state index < -0.39 is 15.8 Å². The molecule has 11 heteroatoms. The lowest BCUT2D eigenvalue weighted by atomic mass is 10.1. The van der Waals surface area contributed by atoms with Gasteiger partial charge in [0.1, 0.15) is 23.0 Å². The quantitative estimate of drug-likeness (QED) is 0.352. The van der Waals surface area contributed by atoms with Gasteiger partial charge in [-0.15, -0.1) is 0 Å². The van der Waals surface area contributed by atoms with E-state index in [1.165, 1.54) is 22.6 Å². The molecule has 5 rings (SSSR count). The fraction of sp³-hybridized carbons (Fsp3) is 0.379. The summed E-state index contributed by atoms with van der Waals surface area (Å²) in [7, 11) is -3.75. The summed E-state index contributed by atoms with van der Waals surface area (Å²) in [5.74, 6) is -0.403. The van der Waals surface area contributed by atoms with E-state index in [1.807, 2.05) is 30.3 Å². The van der Waals surface area contributed by atoms with Gasteiger partial charge in [0.2, 0.25) is 15.9 Å². The van der Waals surface area contributed by atoms with E-state index in [0.717, 1.165) is 24.5 Å². The van der Waals surface area contributed by atoms with E-state index >= 15 is 0 Å². The Bertz CT molecular complexity index is 1470. The first kappa shape index (κ1) is 28.3. The molecule has 8 nitrogen and oxygen atoms in total. The molecule has 0 radical (unpaired) electrons. The molecule has 2 aliphatic heterocycles. The smallest absolute Gasteiger partial charge is 0.255 e. The number of amides is 1. The number of fused-ring (bicyclic) bond motifs is 2. The number of benzene rings is 2. The molecule has 2 unspecified atom stereocenters. The second-order valence-electron chi connectivity index (χ2n) is 9.99. The Morgan fingerprint density at radius 3 is 2.38 bits per heavy atom. The third-order valence-electron chi connectivity index (χ3n) is 7.58. The van der Waals surface area contributed by atoms with Gasteiger partial charge in [0, 0.05) is 38.3 Å². The molecule has 212 valence electrons. The first-order valence-electron chi connectivity index (χ1n) is 13.4. The highest BCUT2D eigenvalue weighted by molar-refractivity contribution is 7.89. The van der Waals surface area contributed by atoms with Gasteiger partial charge in [0.05, 0.1) is 16.8 Å². The number of piperazine rings is 1. The van der Waals surface area contributed by atoms with Crippen molar-refractivity contribution in [3.05, 3.63) is 82.8 Å². The number of nitrogens with zero attached hydrogens (tertiary/aromatic N) is 4. The monoisotopic (exact) mass is 586 g/mol. The van der Waals surface area contributed by atoms with Gasteiger partial charge in [-0.1, -0.05) is 55.8 Å². The van der Waals surface area contributed by atoms with Gasteiger partial charge in [-0.25, -0.2) is 17.8 Å². The van der Waals surface area contributed by atoms with Crippen LogP contribution in [0, 0.1) is 5.82 Å². The Kier molecular flexibility index (Phi) is 8.30. The summed E-state index contributed by atoms with van der Waals surface area (Å²) in [6.45, 7) is 5.39. The Morgan fingerprint density at radius 1 is 1.07 bits per heavy atom. The van der Waals surface area contributed by atoms with Gasteiger partial charge in [0.15, 0.2) is 0 Å². The number of sulfonamides is 1. The zero-order valence-electron chi connectivity index (χ0n) is 22.5. The Hall–Kier alpha value is -3.21. The van der Waals surface area contributed by atoms with E-state index in [-0.39, 0.29) is 40.1 Å². The van der Waals surface area contributed by atoms with Crippen LogP contribution in [0.4, 0.5) is 10.1 Å². The summed E-state index contributed by atoms with van der Waals surface area (Å²) in [5.41, 5.74) is 1.82. The number of pyridine rings is 1.